The van der Waals surface area contributed by atoms with Crippen molar-refractivity contribution in [1.29, 1.82) is 0 Å². The third kappa shape index (κ3) is 4.50. The summed E-state index contributed by atoms with van der Waals surface area (Å²) in [7, 11) is 0. The van der Waals surface area contributed by atoms with Crippen molar-refractivity contribution in [3.8, 4) is 0 Å². The SMILES string of the molecule is O=C(Nc1ccn(CCO)n1)C(CC1CCCC1)N1Cc2c(cccc2C(F)(F)F)C1=O. The van der Waals surface area contributed by atoms with Crippen LogP contribution < -0.4 is 5.32 Å². The Hall–Kier alpha value is -2.88. The van der Waals surface area contributed by atoms with Gasteiger partial charge in [0.25, 0.3) is 5.91 Å². The number of fused-ring (bicyclic) bond motifs is 1. The van der Waals surface area contributed by atoms with Gasteiger partial charge in [-0.2, -0.15) is 18.3 Å². The van der Waals surface area contributed by atoms with E-state index in [4.69, 9.17) is 5.11 Å². The van der Waals surface area contributed by atoms with Crippen LogP contribution in [0, 0.1) is 5.92 Å². The Balaban J connectivity index is 1.60. The minimum absolute atomic E-state index is 0.00345. The van der Waals surface area contributed by atoms with E-state index in [-0.39, 0.29) is 42.6 Å². The second kappa shape index (κ2) is 8.93. The third-order valence-electron chi connectivity index (χ3n) is 6.23. The number of aliphatic hydroxyl groups excluding tert-OH is 1. The predicted molar refractivity (Wildman–Crippen MR) is 110 cm³/mol. The Morgan fingerprint density at radius 2 is 2.00 bits per heavy atom. The normalized spacial score (nSPS) is 17.6. The van der Waals surface area contributed by atoms with E-state index in [1.165, 1.54) is 21.7 Å². The summed E-state index contributed by atoms with van der Waals surface area (Å²) in [5, 5.41) is 15.9. The van der Waals surface area contributed by atoms with E-state index >= 15 is 0 Å². The molecule has 0 saturated heterocycles. The summed E-state index contributed by atoms with van der Waals surface area (Å²) in [6, 6.07) is 4.25. The lowest BCUT2D eigenvalue weighted by atomic mass is 9.96. The summed E-state index contributed by atoms with van der Waals surface area (Å²) in [6.07, 6.45) is 1.35. The number of rotatable bonds is 7. The molecule has 2 aliphatic rings. The number of carbonyl (C=O) groups excluding carboxylic acids is 2. The van der Waals surface area contributed by atoms with Gasteiger partial charge in [0, 0.05) is 24.4 Å². The maximum absolute atomic E-state index is 13.5. The molecule has 32 heavy (non-hydrogen) atoms. The Morgan fingerprint density at radius 3 is 2.69 bits per heavy atom. The number of amides is 2. The number of hydrogen-bond donors (Lipinski definition) is 2. The molecule has 2 heterocycles. The number of aromatic nitrogens is 2. The largest absolute Gasteiger partial charge is 0.416 e. The molecule has 1 unspecified atom stereocenters. The molecule has 1 aromatic carbocycles. The van der Waals surface area contributed by atoms with Gasteiger partial charge in [0.2, 0.25) is 5.91 Å². The summed E-state index contributed by atoms with van der Waals surface area (Å²) in [6.45, 7) is -0.101. The van der Waals surface area contributed by atoms with Crippen LogP contribution in [-0.4, -0.2) is 44.3 Å². The van der Waals surface area contributed by atoms with Gasteiger partial charge in [-0.25, -0.2) is 0 Å². The van der Waals surface area contributed by atoms with Crippen molar-refractivity contribution in [3.63, 3.8) is 0 Å². The Labute approximate surface area is 183 Å². The maximum Gasteiger partial charge on any atom is 0.416 e. The van der Waals surface area contributed by atoms with E-state index < -0.39 is 29.6 Å². The molecule has 0 bridgehead atoms. The van der Waals surface area contributed by atoms with Crippen LogP contribution in [-0.2, 0) is 24.1 Å². The van der Waals surface area contributed by atoms with Gasteiger partial charge in [0.15, 0.2) is 5.82 Å². The van der Waals surface area contributed by atoms with Crippen LogP contribution in [0.2, 0.25) is 0 Å². The highest BCUT2D eigenvalue weighted by atomic mass is 19.4. The molecule has 1 saturated carbocycles. The molecule has 0 spiro atoms. The van der Waals surface area contributed by atoms with Crippen LogP contribution in [0.25, 0.3) is 0 Å². The van der Waals surface area contributed by atoms with Crippen molar-refractivity contribution >= 4 is 17.6 Å². The van der Waals surface area contributed by atoms with Crippen molar-refractivity contribution in [2.24, 2.45) is 5.92 Å². The average molecular weight is 450 g/mol. The third-order valence-corrected chi connectivity index (χ3v) is 6.23. The smallest absolute Gasteiger partial charge is 0.394 e. The number of carbonyl (C=O) groups is 2. The fourth-order valence-electron chi connectivity index (χ4n) is 4.67. The monoisotopic (exact) mass is 450 g/mol. The maximum atomic E-state index is 13.5. The van der Waals surface area contributed by atoms with Crippen LogP contribution in [0.15, 0.2) is 30.5 Å². The van der Waals surface area contributed by atoms with E-state index in [1.807, 2.05) is 0 Å². The summed E-state index contributed by atoms with van der Waals surface area (Å²) < 4.78 is 42.0. The molecule has 1 aromatic heterocycles. The molecule has 7 nitrogen and oxygen atoms in total. The van der Waals surface area contributed by atoms with Crippen molar-refractivity contribution in [2.45, 2.75) is 57.4 Å². The molecule has 10 heteroatoms. The zero-order valence-corrected chi connectivity index (χ0v) is 17.4. The first-order valence-electron chi connectivity index (χ1n) is 10.7. The highest BCUT2D eigenvalue weighted by Gasteiger charge is 2.43. The molecule has 1 fully saturated rings. The molecule has 1 aliphatic heterocycles. The standard InChI is InChI=1S/C22H25F3N4O3/c23-22(24,25)17-7-3-6-15-16(17)13-29(21(15)32)18(12-14-4-1-2-5-14)20(31)26-19-8-9-28(27-19)10-11-30/h3,6-9,14,18,30H,1-2,4-5,10-13H2,(H,26,27,31). The predicted octanol–water partition coefficient (Wildman–Crippen LogP) is 3.44. The number of halogens is 3. The number of nitrogens with zero attached hydrogens (tertiary/aromatic N) is 3. The van der Waals surface area contributed by atoms with Gasteiger partial charge in [-0.15, -0.1) is 0 Å². The molecule has 1 aliphatic carbocycles. The molecule has 1 atom stereocenters. The summed E-state index contributed by atoms with van der Waals surface area (Å²) in [5.41, 5.74) is -0.925. The molecular formula is C22H25F3N4O3. The number of nitrogens with one attached hydrogen (secondary N) is 1. The quantitative estimate of drug-likeness (QED) is 0.677. The number of alkyl halides is 3. The molecule has 2 amide bonds. The highest BCUT2D eigenvalue weighted by Crippen LogP contribution is 2.39. The van der Waals surface area contributed by atoms with Crippen molar-refractivity contribution in [3.05, 3.63) is 47.2 Å². The first kappa shape index (κ1) is 22.3. The average Bonchev–Trinajstić information content (AvgIpc) is 3.47. The lowest BCUT2D eigenvalue weighted by Gasteiger charge is -2.29. The molecule has 172 valence electrons. The van der Waals surface area contributed by atoms with Crippen molar-refractivity contribution in [1.82, 2.24) is 14.7 Å². The van der Waals surface area contributed by atoms with Crippen molar-refractivity contribution in [2.75, 3.05) is 11.9 Å². The van der Waals surface area contributed by atoms with Gasteiger partial charge < -0.3 is 15.3 Å². The summed E-state index contributed by atoms with van der Waals surface area (Å²) in [4.78, 5) is 27.5. The molecule has 0 radical (unpaired) electrons. The molecule has 2 aromatic rings. The number of hydrogen-bond acceptors (Lipinski definition) is 4. The second-order valence-electron chi connectivity index (χ2n) is 8.34. The molecule has 4 rings (SSSR count). The van der Waals surface area contributed by atoms with Crippen LogP contribution in [0.3, 0.4) is 0 Å². The summed E-state index contributed by atoms with van der Waals surface area (Å²) in [5.74, 6) is -0.535. The van der Waals surface area contributed by atoms with Crippen LogP contribution in [0.5, 0.6) is 0 Å². The fourth-order valence-corrected chi connectivity index (χ4v) is 4.67. The zero-order valence-electron chi connectivity index (χ0n) is 17.4. The Morgan fingerprint density at radius 1 is 1.25 bits per heavy atom. The van der Waals surface area contributed by atoms with E-state index in [1.54, 1.807) is 12.3 Å². The lowest BCUT2D eigenvalue weighted by molar-refractivity contribution is -0.138. The minimum Gasteiger partial charge on any atom is -0.394 e. The van der Waals surface area contributed by atoms with E-state index in [2.05, 4.69) is 10.4 Å². The molecular weight excluding hydrogens is 425 g/mol. The minimum atomic E-state index is -4.58. The van der Waals surface area contributed by atoms with E-state index in [9.17, 15) is 22.8 Å². The number of anilines is 1. The van der Waals surface area contributed by atoms with Gasteiger partial charge in [-0.1, -0.05) is 31.7 Å². The Bertz CT molecular complexity index is 999. The van der Waals surface area contributed by atoms with Crippen LogP contribution in [0.4, 0.5) is 19.0 Å². The zero-order chi connectivity index (χ0) is 22.9. The van der Waals surface area contributed by atoms with Crippen LogP contribution in [0.1, 0.15) is 53.6 Å². The highest BCUT2D eigenvalue weighted by molar-refractivity contribution is 6.03. The number of aliphatic hydroxyl groups is 1. The van der Waals surface area contributed by atoms with Crippen molar-refractivity contribution < 1.29 is 27.9 Å². The van der Waals surface area contributed by atoms with Crippen LogP contribution >= 0.6 is 0 Å². The fraction of sp³-hybridized carbons (Fsp3) is 0.500. The van der Waals surface area contributed by atoms with Gasteiger partial charge in [0.1, 0.15) is 6.04 Å². The summed E-state index contributed by atoms with van der Waals surface area (Å²) >= 11 is 0. The van der Waals surface area contributed by atoms with E-state index in [0.717, 1.165) is 31.7 Å². The van der Waals surface area contributed by atoms with Gasteiger partial charge >= 0.3 is 6.18 Å². The topological polar surface area (TPSA) is 87.5 Å². The lowest BCUT2D eigenvalue weighted by Crippen LogP contribution is -2.45. The van der Waals surface area contributed by atoms with E-state index in [0.29, 0.717) is 6.42 Å². The Kier molecular flexibility index (Phi) is 6.23. The molecule has 2 N–H and O–H groups in total. The first-order chi connectivity index (χ1) is 15.3. The second-order valence-corrected chi connectivity index (χ2v) is 8.34. The number of benzene rings is 1. The van der Waals surface area contributed by atoms with Gasteiger partial charge in [0.05, 0.1) is 18.7 Å². The van der Waals surface area contributed by atoms with Gasteiger partial charge in [-0.05, 0) is 30.0 Å². The van der Waals surface area contributed by atoms with Gasteiger partial charge in [-0.3, -0.25) is 14.3 Å². The first-order valence-corrected chi connectivity index (χ1v) is 10.7.